The number of nitrogens with one attached hydrogen (secondary N) is 1. The maximum Gasteiger partial charge on any atom is 0.305 e. The van der Waals surface area contributed by atoms with Gasteiger partial charge in [0.25, 0.3) is 5.91 Å². The summed E-state index contributed by atoms with van der Waals surface area (Å²) in [7, 11) is 1.53. The summed E-state index contributed by atoms with van der Waals surface area (Å²) < 4.78 is 0. The Morgan fingerprint density at radius 1 is 1.50 bits per heavy atom. The number of hydrogen-bond donors (Lipinski definition) is 2. The molecule has 7 nitrogen and oxygen atoms in total. The van der Waals surface area contributed by atoms with Crippen molar-refractivity contribution in [1.29, 1.82) is 0 Å². The smallest absolute Gasteiger partial charge is 0.305 e. The highest BCUT2D eigenvalue weighted by molar-refractivity contribution is 7.99. The van der Waals surface area contributed by atoms with Gasteiger partial charge in [-0.15, -0.1) is 10.2 Å². The average molecular weight is 296 g/mol. The van der Waals surface area contributed by atoms with Crippen LogP contribution in [0.5, 0.6) is 0 Å². The highest BCUT2D eigenvalue weighted by Gasteiger charge is 2.26. The molecule has 20 heavy (non-hydrogen) atoms. The number of anilines is 1. The van der Waals surface area contributed by atoms with Crippen molar-refractivity contribution in [2.75, 3.05) is 30.0 Å². The number of amides is 1. The Bertz CT molecular complexity index is 494. The molecular weight excluding hydrogens is 280 g/mol. The highest BCUT2D eigenvalue weighted by atomic mass is 32.2. The van der Waals surface area contributed by atoms with Crippen LogP contribution in [0.1, 0.15) is 16.9 Å². The molecule has 1 atom stereocenters. The fourth-order valence-electron chi connectivity index (χ4n) is 2.05. The van der Waals surface area contributed by atoms with E-state index < -0.39 is 5.97 Å². The number of carbonyl (C=O) groups excluding carboxylic acids is 1. The second-order valence-corrected chi connectivity index (χ2v) is 5.53. The van der Waals surface area contributed by atoms with Crippen molar-refractivity contribution in [3.8, 4) is 0 Å². The maximum absolute atomic E-state index is 11.4. The number of aliphatic carboxylic acids is 1. The van der Waals surface area contributed by atoms with Crippen molar-refractivity contribution in [3.05, 3.63) is 17.8 Å². The van der Waals surface area contributed by atoms with E-state index in [1.165, 1.54) is 7.05 Å². The first kappa shape index (κ1) is 14.6. The van der Waals surface area contributed by atoms with Gasteiger partial charge < -0.3 is 15.3 Å². The molecule has 0 radical (unpaired) electrons. The number of hydrogen-bond acceptors (Lipinski definition) is 6. The van der Waals surface area contributed by atoms with E-state index in [-0.39, 0.29) is 24.1 Å². The maximum atomic E-state index is 11.4. The molecule has 1 unspecified atom stereocenters. The van der Waals surface area contributed by atoms with Crippen molar-refractivity contribution in [1.82, 2.24) is 15.5 Å². The molecule has 0 bridgehead atoms. The minimum Gasteiger partial charge on any atom is -0.481 e. The Balaban J connectivity index is 2.15. The van der Waals surface area contributed by atoms with Crippen LogP contribution >= 0.6 is 11.8 Å². The number of rotatable bonds is 4. The number of carbonyl (C=O) groups is 2. The lowest BCUT2D eigenvalue weighted by molar-refractivity contribution is -0.137. The lowest BCUT2D eigenvalue weighted by atomic mass is 10.2. The molecule has 0 aromatic carbocycles. The first-order valence-electron chi connectivity index (χ1n) is 6.24. The number of carboxylic acids is 1. The van der Waals surface area contributed by atoms with Gasteiger partial charge in [0, 0.05) is 31.1 Å². The summed E-state index contributed by atoms with van der Waals surface area (Å²) in [4.78, 5) is 24.3. The van der Waals surface area contributed by atoms with Crippen LogP contribution in [0, 0.1) is 0 Å². The van der Waals surface area contributed by atoms with E-state index in [4.69, 9.17) is 5.11 Å². The summed E-state index contributed by atoms with van der Waals surface area (Å²) in [6.45, 7) is 0.733. The van der Waals surface area contributed by atoms with Crippen molar-refractivity contribution in [2.24, 2.45) is 0 Å². The fourth-order valence-corrected chi connectivity index (χ4v) is 3.12. The van der Waals surface area contributed by atoms with Gasteiger partial charge in [-0.3, -0.25) is 9.59 Å². The minimum atomic E-state index is -0.822. The van der Waals surface area contributed by atoms with Crippen molar-refractivity contribution < 1.29 is 14.7 Å². The molecular formula is C12H16N4O3S. The van der Waals surface area contributed by atoms with Crippen LogP contribution in [0.25, 0.3) is 0 Å². The first-order valence-corrected chi connectivity index (χ1v) is 7.39. The van der Waals surface area contributed by atoms with Gasteiger partial charge in [-0.05, 0) is 12.1 Å². The van der Waals surface area contributed by atoms with Crippen LogP contribution in [0.2, 0.25) is 0 Å². The minimum absolute atomic E-state index is 0.0753. The number of carboxylic acid groups (broad SMARTS) is 1. The molecule has 1 fully saturated rings. The number of aromatic nitrogens is 2. The molecule has 1 saturated heterocycles. The molecule has 1 aliphatic rings. The predicted octanol–water partition coefficient (Wildman–Crippen LogP) is 0.233. The van der Waals surface area contributed by atoms with Gasteiger partial charge in [-0.25, -0.2) is 0 Å². The average Bonchev–Trinajstić information content (AvgIpc) is 2.46. The van der Waals surface area contributed by atoms with E-state index in [2.05, 4.69) is 15.5 Å². The van der Waals surface area contributed by atoms with Crippen LogP contribution in [0.4, 0.5) is 5.82 Å². The van der Waals surface area contributed by atoms with Crippen LogP contribution in [0.3, 0.4) is 0 Å². The van der Waals surface area contributed by atoms with Crippen molar-refractivity contribution >= 4 is 29.5 Å². The molecule has 0 aliphatic carbocycles. The van der Waals surface area contributed by atoms with E-state index in [9.17, 15) is 9.59 Å². The van der Waals surface area contributed by atoms with E-state index in [0.29, 0.717) is 5.82 Å². The lowest BCUT2D eigenvalue weighted by Crippen LogP contribution is -2.44. The normalized spacial score (nSPS) is 18.6. The highest BCUT2D eigenvalue weighted by Crippen LogP contribution is 2.23. The summed E-state index contributed by atoms with van der Waals surface area (Å²) in [5.41, 5.74) is 0.248. The zero-order valence-corrected chi connectivity index (χ0v) is 11.9. The van der Waals surface area contributed by atoms with E-state index in [0.717, 1.165) is 18.1 Å². The van der Waals surface area contributed by atoms with Crippen LogP contribution in [0.15, 0.2) is 12.1 Å². The molecule has 2 heterocycles. The Morgan fingerprint density at radius 2 is 2.30 bits per heavy atom. The Hall–Kier alpha value is -1.83. The topological polar surface area (TPSA) is 95.4 Å². The molecule has 1 aromatic heterocycles. The third kappa shape index (κ3) is 3.38. The standard InChI is InChI=1S/C12H16N4O3S/c1-13-12(19)9-2-3-10(15-14-9)16-4-5-20-7-8(16)6-11(17)18/h2-3,8H,4-7H2,1H3,(H,13,19)(H,17,18). The van der Waals surface area contributed by atoms with Gasteiger partial charge in [-0.1, -0.05) is 0 Å². The summed E-state index contributed by atoms with van der Waals surface area (Å²) in [6.07, 6.45) is 0.0753. The predicted molar refractivity (Wildman–Crippen MR) is 76.1 cm³/mol. The van der Waals surface area contributed by atoms with Gasteiger partial charge in [0.15, 0.2) is 11.5 Å². The van der Waals surface area contributed by atoms with Gasteiger partial charge in [0.2, 0.25) is 0 Å². The molecule has 1 amide bonds. The van der Waals surface area contributed by atoms with Gasteiger partial charge >= 0.3 is 5.97 Å². The van der Waals surface area contributed by atoms with E-state index in [1.807, 2.05) is 4.90 Å². The van der Waals surface area contributed by atoms with Crippen LogP contribution in [-0.4, -0.2) is 58.3 Å². The monoisotopic (exact) mass is 296 g/mol. The molecule has 2 N–H and O–H groups in total. The van der Waals surface area contributed by atoms with Gasteiger partial charge in [-0.2, -0.15) is 11.8 Å². The van der Waals surface area contributed by atoms with Crippen LogP contribution in [-0.2, 0) is 4.79 Å². The zero-order chi connectivity index (χ0) is 14.5. The van der Waals surface area contributed by atoms with E-state index in [1.54, 1.807) is 23.9 Å². The summed E-state index contributed by atoms with van der Waals surface area (Å²) >= 11 is 1.74. The lowest BCUT2D eigenvalue weighted by Gasteiger charge is -2.35. The zero-order valence-electron chi connectivity index (χ0n) is 11.1. The molecule has 0 saturated carbocycles. The SMILES string of the molecule is CNC(=O)c1ccc(N2CCSCC2CC(=O)O)nn1. The van der Waals surface area contributed by atoms with Crippen molar-refractivity contribution in [2.45, 2.75) is 12.5 Å². The third-order valence-corrected chi connectivity index (χ3v) is 4.13. The van der Waals surface area contributed by atoms with E-state index >= 15 is 0 Å². The quantitative estimate of drug-likeness (QED) is 0.821. The molecule has 2 rings (SSSR count). The van der Waals surface area contributed by atoms with Gasteiger partial charge in [0.05, 0.1) is 6.42 Å². The Labute approximate surface area is 120 Å². The molecule has 1 aromatic rings. The van der Waals surface area contributed by atoms with Crippen molar-refractivity contribution in [3.63, 3.8) is 0 Å². The summed E-state index contributed by atoms with van der Waals surface area (Å²) in [6, 6.07) is 3.22. The molecule has 0 spiro atoms. The Morgan fingerprint density at radius 3 is 2.90 bits per heavy atom. The number of nitrogens with zero attached hydrogens (tertiary/aromatic N) is 3. The summed E-state index contributed by atoms with van der Waals surface area (Å²) in [5, 5.41) is 19.4. The number of thioether (sulfide) groups is 1. The summed E-state index contributed by atoms with van der Waals surface area (Å²) in [5.74, 6) is 1.18. The largest absolute Gasteiger partial charge is 0.481 e. The molecule has 108 valence electrons. The third-order valence-electron chi connectivity index (χ3n) is 3.04. The second kappa shape index (κ2) is 6.56. The molecule has 8 heteroatoms. The van der Waals surface area contributed by atoms with Gasteiger partial charge in [0.1, 0.15) is 0 Å². The second-order valence-electron chi connectivity index (χ2n) is 4.38. The fraction of sp³-hybridized carbons (Fsp3) is 0.500. The Kier molecular flexibility index (Phi) is 4.78. The molecule has 1 aliphatic heterocycles. The van der Waals surface area contributed by atoms with Crippen LogP contribution < -0.4 is 10.2 Å². The first-order chi connectivity index (χ1) is 9.61.